The van der Waals surface area contributed by atoms with E-state index in [4.69, 9.17) is 39.5 Å². The van der Waals surface area contributed by atoms with Gasteiger partial charge in [0, 0.05) is 12.3 Å². The second kappa shape index (κ2) is 10.4. The molecule has 0 radical (unpaired) electrons. The van der Waals surface area contributed by atoms with Gasteiger partial charge in [-0.15, -0.1) is 23.2 Å². The van der Waals surface area contributed by atoms with Crippen LogP contribution in [0.4, 0.5) is 25.8 Å². The van der Waals surface area contributed by atoms with E-state index in [2.05, 4.69) is 16.0 Å². The topological polar surface area (TPSA) is 96.5 Å². The van der Waals surface area contributed by atoms with E-state index in [-0.39, 0.29) is 22.9 Å². The van der Waals surface area contributed by atoms with Crippen LogP contribution in [0, 0.1) is 17.6 Å². The average Bonchev–Trinajstić information content (AvgIpc) is 3.42. The molecule has 0 spiro atoms. The molecule has 0 heterocycles. The van der Waals surface area contributed by atoms with Gasteiger partial charge in [0.15, 0.2) is 5.82 Å². The quantitative estimate of drug-likeness (QED) is 0.397. The Morgan fingerprint density at radius 1 is 1.15 bits per heavy atom. The summed E-state index contributed by atoms with van der Waals surface area (Å²) in [5.74, 6) is -4.84. The number of benzene rings is 2. The molecule has 0 bridgehead atoms. The summed E-state index contributed by atoms with van der Waals surface area (Å²) in [6.07, 6.45) is -0.646. The Hall–Kier alpha value is -2.46. The first-order chi connectivity index (χ1) is 15.9. The van der Waals surface area contributed by atoms with Crippen LogP contribution in [0.5, 0.6) is 0 Å². The van der Waals surface area contributed by atoms with E-state index in [0.29, 0.717) is 6.42 Å². The van der Waals surface area contributed by atoms with Crippen molar-refractivity contribution in [3.05, 3.63) is 52.6 Å². The smallest absolute Gasteiger partial charge is 0.257 e. The third kappa shape index (κ3) is 5.96. The Morgan fingerprint density at radius 3 is 2.44 bits per heavy atom. The van der Waals surface area contributed by atoms with Gasteiger partial charge in [-0.2, -0.15) is 0 Å². The van der Waals surface area contributed by atoms with Crippen molar-refractivity contribution in [1.82, 2.24) is 0 Å². The fourth-order valence-electron chi connectivity index (χ4n) is 3.01. The molecular weight excluding hydrogens is 515 g/mol. The molecule has 2 unspecified atom stereocenters. The van der Waals surface area contributed by atoms with Crippen molar-refractivity contribution in [3.63, 3.8) is 0 Å². The molecule has 3 amide bonds. The maximum absolute atomic E-state index is 14.9. The highest BCUT2D eigenvalue weighted by Gasteiger charge is 2.56. The van der Waals surface area contributed by atoms with Gasteiger partial charge in [0.2, 0.25) is 5.91 Å². The predicted octanol–water partition coefficient (Wildman–Crippen LogP) is 5.37. The molecule has 12 heteroatoms. The molecule has 1 fully saturated rings. The second-order valence-electron chi connectivity index (χ2n) is 7.53. The highest BCUT2D eigenvalue weighted by molar-refractivity contribution is 6.52. The van der Waals surface area contributed by atoms with E-state index in [1.54, 1.807) is 6.92 Å². The normalized spacial score (nSPS) is 17.0. The lowest BCUT2D eigenvalue weighted by Gasteiger charge is -2.15. The fourth-order valence-corrected chi connectivity index (χ4v) is 3.72. The molecule has 2 aromatic rings. The molecule has 0 saturated heterocycles. The van der Waals surface area contributed by atoms with Crippen molar-refractivity contribution in [2.45, 2.75) is 30.7 Å². The van der Waals surface area contributed by atoms with E-state index in [1.807, 2.05) is 0 Å². The Labute approximate surface area is 209 Å². The molecule has 2 aromatic carbocycles. The molecule has 1 aliphatic rings. The SMILES string of the molecule is CCOC(C)C(=O)Nc1c(F)ccc(NC(=O)c2cc(NC(=O)C3CC3(Cl)Cl)ccc2Cl)c1F. The minimum atomic E-state index is -1.19. The Bertz CT molecular complexity index is 1150. The van der Waals surface area contributed by atoms with Crippen molar-refractivity contribution < 1.29 is 27.9 Å². The summed E-state index contributed by atoms with van der Waals surface area (Å²) < 4.78 is 33.1. The van der Waals surface area contributed by atoms with Gasteiger partial charge >= 0.3 is 0 Å². The van der Waals surface area contributed by atoms with Crippen molar-refractivity contribution in [2.75, 3.05) is 22.6 Å². The van der Waals surface area contributed by atoms with Gasteiger partial charge in [-0.25, -0.2) is 8.78 Å². The van der Waals surface area contributed by atoms with Crippen molar-refractivity contribution in [3.8, 4) is 0 Å². The van der Waals surface area contributed by atoms with Crippen LogP contribution in [-0.2, 0) is 14.3 Å². The molecule has 0 aliphatic heterocycles. The number of rotatable bonds is 8. The van der Waals surface area contributed by atoms with Crippen LogP contribution in [0.2, 0.25) is 5.02 Å². The minimum absolute atomic E-state index is 0.0209. The van der Waals surface area contributed by atoms with Crippen LogP contribution in [-0.4, -0.2) is 34.8 Å². The number of nitrogens with one attached hydrogen (secondary N) is 3. The second-order valence-corrected chi connectivity index (χ2v) is 9.48. The summed E-state index contributed by atoms with van der Waals surface area (Å²) in [4.78, 5) is 37.1. The first-order valence-electron chi connectivity index (χ1n) is 10.1. The first-order valence-corrected chi connectivity index (χ1v) is 11.3. The Kier molecular flexibility index (Phi) is 8.02. The lowest BCUT2D eigenvalue weighted by Crippen LogP contribution is -2.28. The van der Waals surface area contributed by atoms with Gasteiger partial charge in [0.1, 0.15) is 21.9 Å². The van der Waals surface area contributed by atoms with Gasteiger partial charge in [0.05, 0.1) is 22.2 Å². The number of ether oxygens (including phenoxy) is 1. The van der Waals surface area contributed by atoms with Crippen LogP contribution in [0.3, 0.4) is 0 Å². The summed E-state index contributed by atoms with van der Waals surface area (Å²) in [5, 5.41) is 7.02. The van der Waals surface area contributed by atoms with E-state index in [1.165, 1.54) is 25.1 Å². The third-order valence-electron chi connectivity index (χ3n) is 4.99. The summed E-state index contributed by atoms with van der Waals surface area (Å²) >= 11 is 17.9. The molecule has 7 nitrogen and oxygen atoms in total. The van der Waals surface area contributed by atoms with E-state index < -0.39 is 57.1 Å². The minimum Gasteiger partial charge on any atom is -0.369 e. The lowest BCUT2D eigenvalue weighted by molar-refractivity contribution is -0.126. The summed E-state index contributed by atoms with van der Waals surface area (Å²) in [6.45, 7) is 3.33. The van der Waals surface area contributed by atoms with Crippen LogP contribution < -0.4 is 16.0 Å². The number of amides is 3. The van der Waals surface area contributed by atoms with Gasteiger partial charge in [0.25, 0.3) is 11.8 Å². The average molecular weight is 535 g/mol. The molecule has 3 N–H and O–H groups in total. The largest absolute Gasteiger partial charge is 0.369 e. The van der Waals surface area contributed by atoms with Crippen LogP contribution in [0.25, 0.3) is 0 Å². The van der Waals surface area contributed by atoms with E-state index in [0.717, 1.165) is 12.1 Å². The monoisotopic (exact) mass is 533 g/mol. The highest BCUT2D eigenvalue weighted by Crippen LogP contribution is 2.53. The van der Waals surface area contributed by atoms with E-state index in [9.17, 15) is 23.2 Å². The van der Waals surface area contributed by atoms with Gasteiger partial charge in [-0.05, 0) is 50.6 Å². The number of anilines is 3. The van der Waals surface area contributed by atoms with Gasteiger partial charge in [-0.3, -0.25) is 14.4 Å². The Balaban J connectivity index is 1.77. The zero-order valence-corrected chi connectivity index (χ0v) is 20.2. The summed E-state index contributed by atoms with van der Waals surface area (Å²) in [6, 6.07) is 6.01. The summed E-state index contributed by atoms with van der Waals surface area (Å²) in [7, 11) is 0. The number of alkyl halides is 2. The van der Waals surface area contributed by atoms with Crippen molar-refractivity contribution >= 4 is 69.6 Å². The molecule has 1 saturated carbocycles. The third-order valence-corrected chi connectivity index (χ3v) is 6.16. The molecule has 1 aliphatic carbocycles. The maximum atomic E-state index is 14.9. The predicted molar refractivity (Wildman–Crippen MR) is 127 cm³/mol. The van der Waals surface area contributed by atoms with Crippen LogP contribution in [0.1, 0.15) is 30.6 Å². The molecular formula is C22H20Cl3F2N3O4. The fraction of sp³-hybridized carbons (Fsp3) is 0.318. The zero-order chi connectivity index (χ0) is 25.2. The summed E-state index contributed by atoms with van der Waals surface area (Å²) in [5.41, 5.74) is -0.981. The molecule has 3 rings (SSSR count). The standard InChI is InChI=1S/C22H20Cl3F2N3O4/c1-3-34-10(2)19(31)30-18-15(26)6-7-16(17(18)27)29-20(32)12-8-11(4-5-14(12)23)28-21(33)13-9-22(13,24)25/h4-8,10,13H,3,9H2,1-2H3,(H,28,33)(H,29,32)(H,30,31). The molecule has 0 aromatic heterocycles. The maximum Gasteiger partial charge on any atom is 0.257 e. The van der Waals surface area contributed by atoms with E-state index >= 15 is 0 Å². The molecule has 34 heavy (non-hydrogen) atoms. The first kappa shape index (κ1) is 26.2. The van der Waals surface area contributed by atoms with Gasteiger partial charge < -0.3 is 20.7 Å². The number of hydrogen-bond donors (Lipinski definition) is 3. The Morgan fingerprint density at radius 2 is 1.82 bits per heavy atom. The van der Waals surface area contributed by atoms with Crippen molar-refractivity contribution in [1.29, 1.82) is 0 Å². The molecule has 182 valence electrons. The lowest BCUT2D eigenvalue weighted by atomic mass is 10.1. The van der Waals surface area contributed by atoms with Crippen molar-refractivity contribution in [2.24, 2.45) is 5.92 Å². The highest BCUT2D eigenvalue weighted by atomic mass is 35.5. The number of carbonyl (C=O) groups excluding carboxylic acids is 3. The zero-order valence-electron chi connectivity index (χ0n) is 18.0. The van der Waals surface area contributed by atoms with Crippen LogP contribution >= 0.6 is 34.8 Å². The van der Waals surface area contributed by atoms with Crippen LogP contribution in [0.15, 0.2) is 30.3 Å². The molecule has 2 atom stereocenters. The van der Waals surface area contributed by atoms with Gasteiger partial charge in [-0.1, -0.05) is 11.6 Å². The number of hydrogen-bond acceptors (Lipinski definition) is 4. The number of halogens is 5. The number of carbonyl (C=O) groups is 3.